The number of rotatable bonds is 5. The van der Waals surface area contributed by atoms with Crippen LogP contribution in [-0.4, -0.2) is 23.2 Å². The van der Waals surface area contributed by atoms with Gasteiger partial charge in [0, 0.05) is 24.4 Å². The van der Waals surface area contributed by atoms with Crippen LogP contribution >= 0.6 is 0 Å². The molecule has 1 N–H and O–H groups in total. The van der Waals surface area contributed by atoms with Gasteiger partial charge in [0.25, 0.3) is 0 Å². The summed E-state index contributed by atoms with van der Waals surface area (Å²) in [4.78, 5) is 4.20. The third-order valence-electron chi connectivity index (χ3n) is 3.89. The Morgan fingerprint density at radius 1 is 1.08 bits per heavy atom. The smallest absolute Gasteiger partial charge is 0.244 e. The van der Waals surface area contributed by atoms with Crippen LogP contribution in [0.1, 0.15) is 32.0 Å². The molecule has 0 unspecified atom stereocenters. The largest absolute Gasteiger partial charge is 0.264 e. The molecule has 0 spiro atoms. The summed E-state index contributed by atoms with van der Waals surface area (Å²) in [5.74, 6) is 0. The first-order valence-corrected chi connectivity index (χ1v) is 9.80. The zero-order valence-corrected chi connectivity index (χ0v) is 15.9. The Kier molecular flexibility index (Phi) is 4.93. The molecule has 0 radical (unpaired) electrons. The maximum atomic E-state index is 12.9. The maximum Gasteiger partial charge on any atom is 0.244 e. The van der Waals surface area contributed by atoms with Crippen molar-refractivity contribution in [2.45, 2.75) is 37.6 Å². The van der Waals surface area contributed by atoms with Crippen LogP contribution < -0.4 is 4.72 Å². The van der Waals surface area contributed by atoms with Gasteiger partial charge in [0.1, 0.15) is 4.90 Å². The standard InChI is InChI=1S/C19H22N4O2S/c1-19(2,3)18-17(14-23(22-18)16-9-5-4-6-10-16)26(24,25)21-13-15-8-7-11-20-12-15/h4-12,14,21H,13H2,1-3H3. The highest BCUT2D eigenvalue weighted by Crippen LogP contribution is 2.28. The van der Waals surface area contributed by atoms with Gasteiger partial charge in [-0.25, -0.2) is 17.8 Å². The van der Waals surface area contributed by atoms with Crippen LogP contribution in [0.3, 0.4) is 0 Å². The van der Waals surface area contributed by atoms with Crippen molar-refractivity contribution in [2.24, 2.45) is 0 Å². The minimum Gasteiger partial charge on any atom is -0.264 e. The number of sulfonamides is 1. The lowest BCUT2D eigenvalue weighted by Crippen LogP contribution is -2.26. The highest BCUT2D eigenvalue weighted by atomic mass is 32.2. The number of hydrogen-bond donors (Lipinski definition) is 1. The molecule has 3 rings (SSSR count). The van der Waals surface area contributed by atoms with E-state index in [2.05, 4.69) is 14.8 Å². The third kappa shape index (κ3) is 4.00. The van der Waals surface area contributed by atoms with E-state index in [4.69, 9.17) is 0 Å². The topological polar surface area (TPSA) is 76.9 Å². The van der Waals surface area contributed by atoms with E-state index in [0.29, 0.717) is 5.69 Å². The summed E-state index contributed by atoms with van der Waals surface area (Å²) in [6.45, 7) is 6.02. The first-order chi connectivity index (χ1) is 12.3. The predicted molar refractivity (Wildman–Crippen MR) is 101 cm³/mol. The molecule has 7 heteroatoms. The molecule has 0 aliphatic heterocycles. The molecule has 3 aromatic rings. The number of benzene rings is 1. The molecular weight excluding hydrogens is 348 g/mol. The number of para-hydroxylation sites is 1. The molecule has 0 aliphatic rings. The summed E-state index contributed by atoms with van der Waals surface area (Å²) in [6, 6.07) is 13.1. The van der Waals surface area contributed by atoms with E-state index in [0.717, 1.165) is 11.3 Å². The minimum absolute atomic E-state index is 0.177. The lowest BCUT2D eigenvalue weighted by Gasteiger charge is -2.17. The second kappa shape index (κ2) is 7.01. The normalized spacial score (nSPS) is 12.3. The van der Waals surface area contributed by atoms with Crippen LogP contribution in [0.5, 0.6) is 0 Å². The van der Waals surface area contributed by atoms with Crippen molar-refractivity contribution in [2.75, 3.05) is 0 Å². The summed E-state index contributed by atoms with van der Waals surface area (Å²) in [5, 5.41) is 4.56. The second-order valence-electron chi connectivity index (χ2n) is 7.06. The zero-order chi connectivity index (χ0) is 18.8. The highest BCUT2D eigenvalue weighted by Gasteiger charge is 2.30. The molecule has 2 aromatic heterocycles. The van der Waals surface area contributed by atoms with Gasteiger partial charge < -0.3 is 0 Å². The molecule has 0 fully saturated rings. The Bertz CT molecular complexity index is 975. The van der Waals surface area contributed by atoms with Crippen molar-refractivity contribution >= 4 is 10.0 Å². The van der Waals surface area contributed by atoms with Crippen molar-refractivity contribution < 1.29 is 8.42 Å². The van der Waals surface area contributed by atoms with Gasteiger partial charge in [-0.3, -0.25) is 4.98 Å². The van der Waals surface area contributed by atoms with Gasteiger partial charge in [0.15, 0.2) is 0 Å². The van der Waals surface area contributed by atoms with Gasteiger partial charge in [-0.1, -0.05) is 45.0 Å². The molecule has 0 bridgehead atoms. The summed E-state index contributed by atoms with van der Waals surface area (Å²) < 4.78 is 30.1. The fourth-order valence-electron chi connectivity index (χ4n) is 2.55. The molecule has 0 saturated heterocycles. The molecule has 0 aliphatic carbocycles. The Hall–Kier alpha value is -2.51. The lowest BCUT2D eigenvalue weighted by molar-refractivity contribution is 0.539. The molecule has 26 heavy (non-hydrogen) atoms. The summed E-state index contributed by atoms with van der Waals surface area (Å²) in [6.07, 6.45) is 4.86. The number of aromatic nitrogens is 3. The van der Waals surface area contributed by atoms with Gasteiger partial charge in [0.05, 0.1) is 17.6 Å². The van der Waals surface area contributed by atoms with E-state index < -0.39 is 15.4 Å². The van der Waals surface area contributed by atoms with E-state index in [1.807, 2.05) is 57.2 Å². The van der Waals surface area contributed by atoms with Crippen LogP contribution in [0.25, 0.3) is 5.69 Å². The number of hydrogen-bond acceptors (Lipinski definition) is 4. The monoisotopic (exact) mass is 370 g/mol. The van der Waals surface area contributed by atoms with Crippen molar-refractivity contribution in [3.05, 3.63) is 72.3 Å². The Labute approximate surface area is 154 Å². The fourth-order valence-corrected chi connectivity index (χ4v) is 3.90. The molecular formula is C19H22N4O2S. The number of nitrogens with one attached hydrogen (secondary N) is 1. The SMILES string of the molecule is CC(C)(C)c1nn(-c2ccccc2)cc1S(=O)(=O)NCc1cccnc1. The van der Waals surface area contributed by atoms with Gasteiger partial charge in [-0.15, -0.1) is 0 Å². The molecule has 136 valence electrons. The quantitative estimate of drug-likeness (QED) is 0.749. The van der Waals surface area contributed by atoms with E-state index in [1.54, 1.807) is 29.3 Å². The number of nitrogens with zero attached hydrogens (tertiary/aromatic N) is 3. The van der Waals surface area contributed by atoms with Crippen LogP contribution in [0.4, 0.5) is 0 Å². The second-order valence-corrected chi connectivity index (χ2v) is 8.79. The Balaban J connectivity index is 1.98. The van der Waals surface area contributed by atoms with Gasteiger partial charge in [-0.05, 0) is 23.8 Å². The maximum absolute atomic E-state index is 12.9. The van der Waals surface area contributed by atoms with Crippen molar-refractivity contribution in [1.82, 2.24) is 19.5 Å². The van der Waals surface area contributed by atoms with Crippen LogP contribution in [0.2, 0.25) is 0 Å². The van der Waals surface area contributed by atoms with E-state index in [-0.39, 0.29) is 11.4 Å². The predicted octanol–water partition coefficient (Wildman–Crippen LogP) is 3.04. The summed E-state index contributed by atoms with van der Waals surface area (Å²) >= 11 is 0. The third-order valence-corrected chi connectivity index (χ3v) is 5.29. The van der Waals surface area contributed by atoms with Gasteiger partial charge in [-0.2, -0.15) is 5.10 Å². The average Bonchev–Trinajstić information content (AvgIpc) is 3.09. The van der Waals surface area contributed by atoms with Crippen molar-refractivity contribution in [1.29, 1.82) is 0 Å². The molecule has 2 heterocycles. The lowest BCUT2D eigenvalue weighted by atomic mass is 9.92. The molecule has 1 aromatic carbocycles. The highest BCUT2D eigenvalue weighted by molar-refractivity contribution is 7.89. The van der Waals surface area contributed by atoms with Crippen LogP contribution in [0, 0.1) is 0 Å². The first kappa shape index (κ1) is 18.3. The Morgan fingerprint density at radius 3 is 2.42 bits per heavy atom. The molecule has 0 atom stereocenters. The minimum atomic E-state index is -3.72. The number of pyridine rings is 1. The van der Waals surface area contributed by atoms with Crippen LogP contribution in [0.15, 0.2) is 66.0 Å². The fraction of sp³-hybridized carbons (Fsp3) is 0.263. The van der Waals surface area contributed by atoms with E-state index in [9.17, 15) is 8.42 Å². The van der Waals surface area contributed by atoms with Crippen molar-refractivity contribution in [3.63, 3.8) is 0 Å². The van der Waals surface area contributed by atoms with E-state index in [1.165, 1.54) is 0 Å². The molecule has 0 saturated carbocycles. The first-order valence-electron chi connectivity index (χ1n) is 8.31. The molecule has 0 amide bonds. The van der Waals surface area contributed by atoms with Crippen LogP contribution in [-0.2, 0) is 22.0 Å². The Morgan fingerprint density at radius 2 is 1.81 bits per heavy atom. The van der Waals surface area contributed by atoms with Gasteiger partial charge >= 0.3 is 0 Å². The molecule has 6 nitrogen and oxygen atoms in total. The van der Waals surface area contributed by atoms with E-state index >= 15 is 0 Å². The summed E-state index contributed by atoms with van der Waals surface area (Å²) in [7, 11) is -3.72. The van der Waals surface area contributed by atoms with Gasteiger partial charge in [0.2, 0.25) is 10.0 Å². The van der Waals surface area contributed by atoms with Crippen molar-refractivity contribution in [3.8, 4) is 5.69 Å². The average molecular weight is 370 g/mol. The zero-order valence-electron chi connectivity index (χ0n) is 15.0. The summed E-state index contributed by atoms with van der Waals surface area (Å²) in [5.41, 5.74) is 1.72.